The van der Waals surface area contributed by atoms with E-state index in [1.54, 1.807) is 11.3 Å². The fourth-order valence-corrected chi connectivity index (χ4v) is 6.33. The van der Waals surface area contributed by atoms with Crippen LogP contribution in [0.5, 0.6) is 0 Å². The first-order valence-corrected chi connectivity index (χ1v) is 13.6. The van der Waals surface area contributed by atoms with Gasteiger partial charge in [-0.15, -0.1) is 11.3 Å². The van der Waals surface area contributed by atoms with Gasteiger partial charge in [0.15, 0.2) is 5.65 Å². The standard InChI is InChI=1S/C28H32N6S/c1-4-21-23-13-19(18-8-11-34(12-9-18)15-20-16-35-28(31-20)17(2)3)5-6-25(23)32-26(21)22-7-10-29-27-24(22)14-30-33-27/h5-7,10,13-14,16-18,32H,4,8-9,11-12,15H2,1-3H3,(H,29,30,33). The van der Waals surface area contributed by atoms with Crippen LogP contribution in [0, 0.1) is 0 Å². The number of nitrogens with zero attached hydrogens (tertiary/aromatic N) is 4. The molecule has 0 amide bonds. The number of rotatable bonds is 6. The summed E-state index contributed by atoms with van der Waals surface area (Å²) in [6, 6.07) is 9.14. The number of hydrogen-bond donors (Lipinski definition) is 2. The molecule has 0 aliphatic carbocycles. The number of thiazole rings is 1. The Morgan fingerprint density at radius 3 is 2.77 bits per heavy atom. The minimum Gasteiger partial charge on any atom is -0.354 e. The summed E-state index contributed by atoms with van der Waals surface area (Å²) in [6.07, 6.45) is 7.11. The molecule has 1 aliphatic rings. The van der Waals surface area contributed by atoms with Gasteiger partial charge in [0.05, 0.1) is 22.6 Å². The van der Waals surface area contributed by atoms with Crippen LogP contribution >= 0.6 is 11.3 Å². The van der Waals surface area contributed by atoms with E-state index in [9.17, 15) is 0 Å². The molecule has 0 bridgehead atoms. The predicted octanol–water partition coefficient (Wildman–Crippen LogP) is 6.63. The number of aryl methyl sites for hydroxylation is 1. The van der Waals surface area contributed by atoms with Crippen LogP contribution in [0.15, 0.2) is 42.0 Å². The Bertz CT molecular complexity index is 1470. The molecule has 1 aromatic carbocycles. The molecule has 7 heteroatoms. The molecule has 4 aromatic heterocycles. The number of H-pyrrole nitrogens is 2. The van der Waals surface area contributed by atoms with Crippen molar-refractivity contribution in [1.29, 1.82) is 0 Å². The smallest absolute Gasteiger partial charge is 0.155 e. The van der Waals surface area contributed by atoms with Gasteiger partial charge in [-0.05, 0) is 67.6 Å². The Hall–Kier alpha value is -3.03. The van der Waals surface area contributed by atoms with Crippen molar-refractivity contribution in [1.82, 2.24) is 30.0 Å². The third-order valence-electron chi connectivity index (χ3n) is 7.42. The zero-order chi connectivity index (χ0) is 23.9. The van der Waals surface area contributed by atoms with E-state index in [-0.39, 0.29) is 0 Å². The van der Waals surface area contributed by atoms with Crippen molar-refractivity contribution in [2.45, 2.75) is 58.4 Å². The lowest BCUT2D eigenvalue weighted by atomic mass is 9.88. The number of hydrogen-bond acceptors (Lipinski definition) is 5. The van der Waals surface area contributed by atoms with Crippen molar-refractivity contribution in [3.8, 4) is 11.3 Å². The zero-order valence-electron chi connectivity index (χ0n) is 20.6. The highest BCUT2D eigenvalue weighted by Crippen LogP contribution is 2.37. The van der Waals surface area contributed by atoms with Crippen LogP contribution < -0.4 is 0 Å². The monoisotopic (exact) mass is 484 g/mol. The Morgan fingerprint density at radius 2 is 2.00 bits per heavy atom. The average molecular weight is 485 g/mol. The summed E-state index contributed by atoms with van der Waals surface area (Å²) in [5.41, 5.74) is 8.45. The van der Waals surface area contributed by atoms with Crippen molar-refractivity contribution in [3.63, 3.8) is 0 Å². The summed E-state index contributed by atoms with van der Waals surface area (Å²) < 4.78 is 0. The number of aromatic amines is 2. The molecule has 1 saturated heterocycles. The van der Waals surface area contributed by atoms with Crippen LogP contribution in [0.2, 0.25) is 0 Å². The number of benzene rings is 1. The minimum absolute atomic E-state index is 0.514. The second-order valence-electron chi connectivity index (χ2n) is 10.0. The molecule has 1 aliphatic heterocycles. The van der Waals surface area contributed by atoms with E-state index in [2.05, 4.69) is 75.5 Å². The fraction of sp³-hybridized carbons (Fsp3) is 0.393. The van der Waals surface area contributed by atoms with Crippen LogP contribution in [-0.2, 0) is 13.0 Å². The molecule has 0 atom stereocenters. The third kappa shape index (κ3) is 4.17. The normalized spacial score (nSPS) is 15.7. The predicted molar refractivity (Wildman–Crippen MR) is 144 cm³/mol. The summed E-state index contributed by atoms with van der Waals surface area (Å²) in [4.78, 5) is 15.5. The molecule has 35 heavy (non-hydrogen) atoms. The Kier molecular flexibility index (Phi) is 5.90. The lowest BCUT2D eigenvalue weighted by Gasteiger charge is -2.31. The van der Waals surface area contributed by atoms with E-state index < -0.39 is 0 Å². The maximum Gasteiger partial charge on any atom is 0.155 e. The highest BCUT2D eigenvalue weighted by atomic mass is 32.1. The van der Waals surface area contributed by atoms with E-state index in [1.165, 1.54) is 51.3 Å². The van der Waals surface area contributed by atoms with Crippen molar-refractivity contribution in [3.05, 3.63) is 63.9 Å². The van der Waals surface area contributed by atoms with E-state index in [0.717, 1.165) is 42.7 Å². The molecule has 1 fully saturated rings. The molecular formula is C28H32N6S. The van der Waals surface area contributed by atoms with Gasteiger partial charge in [0, 0.05) is 45.9 Å². The highest BCUT2D eigenvalue weighted by molar-refractivity contribution is 7.09. The number of fused-ring (bicyclic) bond motifs is 2. The van der Waals surface area contributed by atoms with Crippen LogP contribution in [0.25, 0.3) is 33.2 Å². The van der Waals surface area contributed by atoms with E-state index in [4.69, 9.17) is 4.98 Å². The SMILES string of the molecule is CCc1c(-c2ccnc3[nH]ncc23)[nH]c2ccc(C3CCN(Cc4csc(C(C)C)n4)CC3)cc12. The van der Waals surface area contributed by atoms with Gasteiger partial charge in [-0.3, -0.25) is 10.00 Å². The van der Waals surface area contributed by atoms with E-state index >= 15 is 0 Å². The van der Waals surface area contributed by atoms with Crippen molar-refractivity contribution < 1.29 is 0 Å². The Balaban J connectivity index is 1.23. The lowest BCUT2D eigenvalue weighted by molar-refractivity contribution is 0.203. The number of piperidine rings is 1. The molecule has 0 radical (unpaired) electrons. The number of nitrogens with one attached hydrogen (secondary N) is 2. The summed E-state index contributed by atoms with van der Waals surface area (Å²) in [5.74, 6) is 1.13. The van der Waals surface area contributed by atoms with Gasteiger partial charge in [-0.2, -0.15) is 5.10 Å². The molecule has 0 unspecified atom stereocenters. The third-order valence-corrected chi connectivity index (χ3v) is 8.61. The van der Waals surface area contributed by atoms with Crippen molar-refractivity contribution in [2.24, 2.45) is 0 Å². The van der Waals surface area contributed by atoms with Gasteiger partial charge in [-0.25, -0.2) is 9.97 Å². The molecule has 6 nitrogen and oxygen atoms in total. The Morgan fingerprint density at radius 1 is 1.14 bits per heavy atom. The maximum absolute atomic E-state index is 4.84. The lowest BCUT2D eigenvalue weighted by Crippen LogP contribution is -2.32. The van der Waals surface area contributed by atoms with Crippen LogP contribution in [0.3, 0.4) is 0 Å². The second-order valence-corrected chi connectivity index (χ2v) is 10.9. The quantitative estimate of drug-likeness (QED) is 0.284. The van der Waals surface area contributed by atoms with Gasteiger partial charge in [0.1, 0.15) is 0 Å². The van der Waals surface area contributed by atoms with Gasteiger partial charge in [-0.1, -0.05) is 26.8 Å². The van der Waals surface area contributed by atoms with Gasteiger partial charge in [0.2, 0.25) is 0 Å². The molecule has 0 saturated carbocycles. The van der Waals surface area contributed by atoms with Gasteiger partial charge in [0.25, 0.3) is 0 Å². The molecule has 180 valence electrons. The number of likely N-dealkylation sites (tertiary alicyclic amines) is 1. The first kappa shape index (κ1) is 22.4. The first-order valence-electron chi connectivity index (χ1n) is 12.7. The topological polar surface area (TPSA) is 73.5 Å². The molecule has 2 N–H and O–H groups in total. The van der Waals surface area contributed by atoms with Crippen LogP contribution in [-0.4, -0.2) is 43.1 Å². The van der Waals surface area contributed by atoms with Crippen molar-refractivity contribution in [2.75, 3.05) is 13.1 Å². The summed E-state index contributed by atoms with van der Waals surface area (Å²) in [6.45, 7) is 9.92. The van der Waals surface area contributed by atoms with E-state index in [0.29, 0.717) is 11.8 Å². The molecular weight excluding hydrogens is 452 g/mol. The van der Waals surface area contributed by atoms with E-state index in [1.807, 2.05) is 12.4 Å². The molecule has 6 rings (SSSR count). The summed E-state index contributed by atoms with van der Waals surface area (Å²) in [5, 5.41) is 13.1. The first-order chi connectivity index (χ1) is 17.1. The largest absolute Gasteiger partial charge is 0.354 e. The van der Waals surface area contributed by atoms with Crippen LogP contribution in [0.4, 0.5) is 0 Å². The molecule has 5 heterocycles. The highest BCUT2D eigenvalue weighted by Gasteiger charge is 2.23. The van der Waals surface area contributed by atoms with Crippen molar-refractivity contribution >= 4 is 33.3 Å². The Labute approximate surface area is 209 Å². The summed E-state index contributed by atoms with van der Waals surface area (Å²) in [7, 11) is 0. The number of aromatic nitrogens is 5. The number of pyridine rings is 1. The second kappa shape index (κ2) is 9.21. The molecule has 5 aromatic rings. The van der Waals surface area contributed by atoms with Crippen LogP contribution in [0.1, 0.15) is 67.3 Å². The molecule has 0 spiro atoms. The van der Waals surface area contributed by atoms with Gasteiger partial charge >= 0.3 is 0 Å². The zero-order valence-corrected chi connectivity index (χ0v) is 21.5. The van der Waals surface area contributed by atoms with Gasteiger partial charge < -0.3 is 4.98 Å². The minimum atomic E-state index is 0.514. The maximum atomic E-state index is 4.84. The average Bonchev–Trinajstić information content (AvgIpc) is 3.62. The summed E-state index contributed by atoms with van der Waals surface area (Å²) >= 11 is 1.80. The fourth-order valence-electron chi connectivity index (χ4n) is 5.50.